The van der Waals surface area contributed by atoms with Crippen LogP contribution in [-0.4, -0.2) is 89.2 Å². The number of hydrogen-bond acceptors (Lipinski definition) is 8. The maximum Gasteiger partial charge on any atom is 0.332 e. The van der Waals surface area contributed by atoms with Crippen LogP contribution in [0.4, 0.5) is 4.79 Å². The highest BCUT2D eigenvalue weighted by molar-refractivity contribution is 5.95. The topological polar surface area (TPSA) is 123 Å². The molecule has 218 valence electrons. The van der Waals surface area contributed by atoms with Gasteiger partial charge in [-0.05, 0) is 32.6 Å². The summed E-state index contributed by atoms with van der Waals surface area (Å²) in [5.41, 5.74) is 0.384. The Morgan fingerprint density at radius 3 is 2.73 bits per heavy atom. The van der Waals surface area contributed by atoms with Gasteiger partial charge in [-0.25, -0.2) is 9.59 Å². The molecule has 5 rings (SSSR count). The number of amides is 3. The number of esters is 1. The van der Waals surface area contributed by atoms with Gasteiger partial charge in [0.1, 0.15) is 17.7 Å². The van der Waals surface area contributed by atoms with E-state index >= 15 is 0 Å². The molecule has 4 atom stereocenters. The first-order chi connectivity index (χ1) is 19.8. The SMILES string of the molecule is CCOC(=O)C12CC1C=CCCCCN(C)C(=O)N1CC(Oc3cc(-c4ccccc4)nc(OC)n3)CC1C(=O)N2. The standard InChI is InChI=1S/C30H37N5O6/c1-4-40-27(37)30-18-21(30)14-10-5-6-11-15-34(2)29(38)35-19-22(16-24(35)26(36)33-30)41-25-17-23(31-28(32-25)39-3)20-12-8-7-9-13-20/h7-10,12-14,17,21-22,24H,4-6,11,15-16,18-19H2,1-3H3,(H,33,36). The van der Waals surface area contributed by atoms with E-state index in [0.29, 0.717) is 18.7 Å². The Bertz CT molecular complexity index is 1300. The lowest BCUT2D eigenvalue weighted by atomic mass is 10.1. The zero-order valence-electron chi connectivity index (χ0n) is 23.7. The van der Waals surface area contributed by atoms with Crippen LogP contribution in [0.5, 0.6) is 11.9 Å². The summed E-state index contributed by atoms with van der Waals surface area (Å²) in [7, 11) is 3.22. The maximum absolute atomic E-state index is 13.7. The fourth-order valence-electron chi connectivity index (χ4n) is 5.53. The molecule has 3 heterocycles. The highest BCUT2D eigenvalue weighted by Crippen LogP contribution is 2.46. The fraction of sp³-hybridized carbons (Fsp3) is 0.500. The molecule has 3 amide bonds. The van der Waals surface area contributed by atoms with E-state index in [9.17, 15) is 14.4 Å². The number of urea groups is 1. The van der Waals surface area contributed by atoms with E-state index < -0.39 is 29.6 Å². The van der Waals surface area contributed by atoms with Gasteiger partial charge >= 0.3 is 18.0 Å². The van der Waals surface area contributed by atoms with Crippen LogP contribution in [0.1, 0.15) is 39.0 Å². The number of ether oxygens (including phenoxy) is 3. The van der Waals surface area contributed by atoms with Gasteiger partial charge in [-0.3, -0.25) is 4.79 Å². The first kappa shape index (κ1) is 28.4. The number of hydrogen-bond donors (Lipinski definition) is 1. The third-order valence-electron chi connectivity index (χ3n) is 7.84. The minimum absolute atomic E-state index is 0.140. The predicted molar refractivity (Wildman–Crippen MR) is 150 cm³/mol. The molecule has 41 heavy (non-hydrogen) atoms. The van der Waals surface area contributed by atoms with E-state index in [1.54, 1.807) is 24.9 Å². The molecule has 0 spiro atoms. The molecule has 1 aromatic carbocycles. The summed E-state index contributed by atoms with van der Waals surface area (Å²) in [6, 6.07) is 10.4. The highest BCUT2D eigenvalue weighted by atomic mass is 16.5. The van der Waals surface area contributed by atoms with Crippen LogP contribution in [0.25, 0.3) is 11.3 Å². The van der Waals surface area contributed by atoms with Crippen LogP contribution in [0.2, 0.25) is 0 Å². The quantitative estimate of drug-likeness (QED) is 0.420. The first-order valence-electron chi connectivity index (χ1n) is 14.2. The average Bonchev–Trinajstić information content (AvgIpc) is 3.51. The molecule has 1 aromatic heterocycles. The van der Waals surface area contributed by atoms with Crippen LogP contribution < -0.4 is 14.8 Å². The predicted octanol–water partition coefficient (Wildman–Crippen LogP) is 3.20. The maximum atomic E-state index is 13.7. The van der Waals surface area contributed by atoms with Crippen molar-refractivity contribution in [3.05, 3.63) is 48.6 Å². The second kappa shape index (κ2) is 12.2. The molecule has 11 heteroatoms. The minimum Gasteiger partial charge on any atom is -0.472 e. The molecule has 11 nitrogen and oxygen atoms in total. The molecule has 1 saturated carbocycles. The third-order valence-corrected chi connectivity index (χ3v) is 7.84. The fourth-order valence-corrected chi connectivity index (χ4v) is 5.53. The molecule has 2 aliphatic heterocycles. The molecular formula is C30H37N5O6. The van der Waals surface area contributed by atoms with Crippen molar-refractivity contribution in [3.8, 4) is 23.1 Å². The van der Waals surface area contributed by atoms with Gasteiger partial charge in [0.2, 0.25) is 11.8 Å². The Kier molecular flexibility index (Phi) is 8.41. The summed E-state index contributed by atoms with van der Waals surface area (Å²) in [5, 5.41) is 2.97. The smallest absolute Gasteiger partial charge is 0.332 e. The molecular weight excluding hydrogens is 526 g/mol. The number of aromatic nitrogens is 2. The van der Waals surface area contributed by atoms with Crippen molar-refractivity contribution >= 4 is 17.9 Å². The number of fused-ring (bicyclic) bond motifs is 2. The summed E-state index contributed by atoms with van der Waals surface area (Å²) in [6.45, 7) is 2.72. The Hall–Kier alpha value is -4.15. The highest BCUT2D eigenvalue weighted by Gasteiger charge is 2.62. The molecule has 3 aliphatic rings. The van der Waals surface area contributed by atoms with E-state index in [4.69, 9.17) is 14.2 Å². The number of nitrogens with one attached hydrogen (secondary N) is 1. The third kappa shape index (κ3) is 6.13. The molecule has 1 saturated heterocycles. The monoisotopic (exact) mass is 563 g/mol. The second-order valence-electron chi connectivity index (χ2n) is 10.7. The Balaban J connectivity index is 1.40. The van der Waals surface area contributed by atoms with Crippen molar-refractivity contribution in [2.75, 3.05) is 33.9 Å². The van der Waals surface area contributed by atoms with E-state index in [2.05, 4.69) is 21.4 Å². The van der Waals surface area contributed by atoms with Crippen molar-refractivity contribution in [1.82, 2.24) is 25.1 Å². The zero-order chi connectivity index (χ0) is 29.0. The van der Waals surface area contributed by atoms with Crippen molar-refractivity contribution in [2.24, 2.45) is 5.92 Å². The molecule has 2 aromatic rings. The summed E-state index contributed by atoms with van der Waals surface area (Å²) in [6.07, 6.45) is 6.81. The minimum atomic E-state index is -1.11. The summed E-state index contributed by atoms with van der Waals surface area (Å²) < 4.78 is 16.9. The van der Waals surface area contributed by atoms with E-state index in [1.807, 2.05) is 36.4 Å². The van der Waals surface area contributed by atoms with E-state index in [0.717, 1.165) is 24.8 Å². The summed E-state index contributed by atoms with van der Waals surface area (Å²) in [4.78, 5) is 52.2. The van der Waals surface area contributed by atoms with Gasteiger partial charge in [-0.1, -0.05) is 42.5 Å². The molecule has 1 aliphatic carbocycles. The van der Waals surface area contributed by atoms with Crippen LogP contribution in [0, 0.1) is 5.92 Å². The zero-order valence-corrected chi connectivity index (χ0v) is 23.7. The van der Waals surface area contributed by atoms with Gasteiger partial charge in [-0.2, -0.15) is 9.97 Å². The van der Waals surface area contributed by atoms with Crippen LogP contribution in [0.3, 0.4) is 0 Å². The van der Waals surface area contributed by atoms with Crippen molar-refractivity contribution in [1.29, 1.82) is 0 Å². The van der Waals surface area contributed by atoms with Gasteiger partial charge in [0.15, 0.2) is 0 Å². The Morgan fingerprint density at radius 1 is 1.17 bits per heavy atom. The van der Waals surface area contributed by atoms with Gasteiger partial charge < -0.3 is 29.3 Å². The molecule has 0 bridgehead atoms. The first-order valence-corrected chi connectivity index (χ1v) is 14.2. The van der Waals surface area contributed by atoms with Gasteiger partial charge in [0.05, 0.1) is 26.0 Å². The number of allylic oxidation sites excluding steroid dienone is 1. The van der Waals surface area contributed by atoms with Gasteiger partial charge in [0.25, 0.3) is 0 Å². The van der Waals surface area contributed by atoms with Crippen molar-refractivity contribution in [2.45, 2.75) is 56.7 Å². The summed E-state index contributed by atoms with van der Waals surface area (Å²) in [5.74, 6) is -0.705. The number of carbonyl (C=O) groups excluding carboxylic acids is 3. The average molecular weight is 564 g/mol. The Morgan fingerprint density at radius 2 is 1.98 bits per heavy atom. The lowest BCUT2D eigenvalue weighted by Gasteiger charge is -2.30. The second-order valence-corrected chi connectivity index (χ2v) is 10.7. The van der Waals surface area contributed by atoms with Crippen LogP contribution in [-0.2, 0) is 14.3 Å². The number of methoxy groups -OCH3 is 1. The number of benzene rings is 1. The van der Waals surface area contributed by atoms with Crippen LogP contribution >= 0.6 is 0 Å². The molecule has 4 unspecified atom stereocenters. The van der Waals surface area contributed by atoms with Crippen molar-refractivity contribution in [3.63, 3.8) is 0 Å². The van der Waals surface area contributed by atoms with E-state index in [1.165, 1.54) is 12.0 Å². The number of nitrogens with zero attached hydrogens (tertiary/aromatic N) is 4. The van der Waals surface area contributed by atoms with Crippen LogP contribution in [0.15, 0.2) is 48.6 Å². The molecule has 0 radical (unpaired) electrons. The lowest BCUT2D eigenvalue weighted by Crippen LogP contribution is -2.55. The lowest BCUT2D eigenvalue weighted by molar-refractivity contribution is -0.149. The summed E-state index contributed by atoms with van der Waals surface area (Å²) >= 11 is 0. The normalized spacial score (nSPS) is 26.4. The number of rotatable bonds is 6. The van der Waals surface area contributed by atoms with E-state index in [-0.39, 0.29) is 43.4 Å². The molecule has 2 fully saturated rings. The van der Waals surface area contributed by atoms with Gasteiger partial charge in [-0.15, -0.1) is 0 Å². The largest absolute Gasteiger partial charge is 0.472 e. The molecule has 1 N–H and O–H groups in total. The van der Waals surface area contributed by atoms with Crippen molar-refractivity contribution < 1.29 is 28.6 Å². The van der Waals surface area contributed by atoms with Gasteiger partial charge in [0, 0.05) is 37.6 Å². The Labute approximate surface area is 239 Å². The number of carbonyl (C=O) groups is 3.